The van der Waals surface area contributed by atoms with E-state index in [1.54, 1.807) is 0 Å². The SMILES string of the molecule is CC(C)(c1noc(C2COCCO2)n1)N1CCNCC1. The molecule has 0 spiro atoms. The van der Waals surface area contributed by atoms with Crippen molar-refractivity contribution in [2.24, 2.45) is 0 Å². The maximum Gasteiger partial charge on any atom is 0.258 e. The molecule has 0 bridgehead atoms. The third-order valence-electron chi connectivity index (χ3n) is 3.99. The molecule has 1 N–H and O–H groups in total. The molecular formula is C13H22N4O3. The molecular weight excluding hydrogens is 260 g/mol. The van der Waals surface area contributed by atoms with Crippen LogP contribution in [0, 0.1) is 0 Å². The molecule has 1 unspecified atom stereocenters. The van der Waals surface area contributed by atoms with Crippen molar-refractivity contribution in [2.75, 3.05) is 46.0 Å². The summed E-state index contributed by atoms with van der Waals surface area (Å²) in [6.45, 7) is 9.90. The van der Waals surface area contributed by atoms with Gasteiger partial charge in [-0.25, -0.2) is 0 Å². The van der Waals surface area contributed by atoms with Crippen molar-refractivity contribution in [3.05, 3.63) is 11.7 Å². The zero-order valence-electron chi connectivity index (χ0n) is 12.1. The average molecular weight is 282 g/mol. The van der Waals surface area contributed by atoms with Crippen molar-refractivity contribution in [1.29, 1.82) is 0 Å². The van der Waals surface area contributed by atoms with Crippen LogP contribution in [0.3, 0.4) is 0 Å². The molecule has 0 amide bonds. The summed E-state index contributed by atoms with van der Waals surface area (Å²) in [6.07, 6.45) is -0.233. The summed E-state index contributed by atoms with van der Waals surface area (Å²) in [5.41, 5.74) is -0.237. The van der Waals surface area contributed by atoms with Gasteiger partial charge in [-0.1, -0.05) is 5.16 Å². The van der Waals surface area contributed by atoms with Crippen LogP contribution in [-0.2, 0) is 15.0 Å². The predicted molar refractivity (Wildman–Crippen MR) is 71.3 cm³/mol. The van der Waals surface area contributed by atoms with E-state index >= 15 is 0 Å². The quantitative estimate of drug-likeness (QED) is 0.854. The van der Waals surface area contributed by atoms with Gasteiger partial charge in [-0.3, -0.25) is 4.90 Å². The third kappa shape index (κ3) is 2.71. The van der Waals surface area contributed by atoms with Crippen LogP contribution in [0.1, 0.15) is 31.7 Å². The summed E-state index contributed by atoms with van der Waals surface area (Å²) in [4.78, 5) is 6.91. The van der Waals surface area contributed by atoms with Crippen molar-refractivity contribution >= 4 is 0 Å². The van der Waals surface area contributed by atoms with Crippen LogP contribution in [0.5, 0.6) is 0 Å². The van der Waals surface area contributed by atoms with Crippen LogP contribution < -0.4 is 5.32 Å². The van der Waals surface area contributed by atoms with E-state index in [9.17, 15) is 0 Å². The van der Waals surface area contributed by atoms with Gasteiger partial charge in [0.1, 0.15) is 0 Å². The molecule has 3 heterocycles. The Bertz CT molecular complexity index is 437. The van der Waals surface area contributed by atoms with Crippen LogP contribution in [0.25, 0.3) is 0 Å². The van der Waals surface area contributed by atoms with Gasteiger partial charge < -0.3 is 19.3 Å². The highest BCUT2D eigenvalue weighted by molar-refractivity contribution is 5.04. The number of aromatic nitrogens is 2. The van der Waals surface area contributed by atoms with Gasteiger partial charge in [0.2, 0.25) is 0 Å². The van der Waals surface area contributed by atoms with Gasteiger partial charge in [-0.05, 0) is 13.8 Å². The minimum atomic E-state index is -0.237. The van der Waals surface area contributed by atoms with Crippen LogP contribution in [-0.4, -0.2) is 61.0 Å². The lowest BCUT2D eigenvalue weighted by Crippen LogP contribution is -2.52. The Balaban J connectivity index is 1.74. The fourth-order valence-corrected chi connectivity index (χ4v) is 2.61. The summed E-state index contributed by atoms with van der Waals surface area (Å²) < 4.78 is 16.3. The number of hydrogen-bond donors (Lipinski definition) is 1. The van der Waals surface area contributed by atoms with E-state index in [2.05, 4.69) is 34.2 Å². The van der Waals surface area contributed by atoms with E-state index in [1.165, 1.54) is 0 Å². The van der Waals surface area contributed by atoms with E-state index in [4.69, 9.17) is 14.0 Å². The normalized spacial score (nSPS) is 25.8. The van der Waals surface area contributed by atoms with Gasteiger partial charge >= 0.3 is 0 Å². The fourth-order valence-electron chi connectivity index (χ4n) is 2.61. The van der Waals surface area contributed by atoms with Crippen LogP contribution in [0.15, 0.2) is 4.52 Å². The van der Waals surface area contributed by atoms with Gasteiger partial charge in [0, 0.05) is 26.2 Å². The molecule has 0 radical (unpaired) electrons. The summed E-state index contributed by atoms with van der Waals surface area (Å²) in [7, 11) is 0. The molecule has 7 nitrogen and oxygen atoms in total. The molecule has 1 atom stereocenters. The van der Waals surface area contributed by atoms with Crippen molar-refractivity contribution in [2.45, 2.75) is 25.5 Å². The van der Waals surface area contributed by atoms with E-state index in [0.29, 0.717) is 31.5 Å². The number of ether oxygens (including phenoxy) is 2. The number of hydrogen-bond acceptors (Lipinski definition) is 7. The highest BCUT2D eigenvalue weighted by atomic mass is 16.6. The Hall–Kier alpha value is -1.02. The molecule has 0 aromatic carbocycles. The first kappa shape index (κ1) is 13.9. The summed E-state index contributed by atoms with van der Waals surface area (Å²) >= 11 is 0. The molecule has 0 aliphatic carbocycles. The highest BCUT2D eigenvalue weighted by Gasteiger charge is 2.35. The van der Waals surface area contributed by atoms with E-state index < -0.39 is 0 Å². The first-order chi connectivity index (χ1) is 9.68. The summed E-state index contributed by atoms with van der Waals surface area (Å²) in [6, 6.07) is 0. The Morgan fingerprint density at radius 1 is 1.25 bits per heavy atom. The monoisotopic (exact) mass is 282 g/mol. The van der Waals surface area contributed by atoms with Crippen LogP contribution in [0.4, 0.5) is 0 Å². The van der Waals surface area contributed by atoms with Gasteiger partial charge in [0.15, 0.2) is 11.9 Å². The Morgan fingerprint density at radius 3 is 2.75 bits per heavy atom. The zero-order chi connectivity index (χ0) is 14.0. The van der Waals surface area contributed by atoms with E-state index in [1.807, 2.05) is 0 Å². The second kappa shape index (κ2) is 5.77. The Labute approximate surface area is 118 Å². The number of piperazine rings is 1. The van der Waals surface area contributed by atoms with Crippen molar-refractivity contribution in [1.82, 2.24) is 20.4 Å². The zero-order valence-corrected chi connectivity index (χ0v) is 12.1. The maximum atomic E-state index is 5.59. The molecule has 1 aromatic rings. The minimum absolute atomic E-state index is 0.233. The lowest BCUT2D eigenvalue weighted by Gasteiger charge is -2.38. The third-order valence-corrected chi connectivity index (χ3v) is 3.99. The average Bonchev–Trinajstić information content (AvgIpc) is 3.00. The second-order valence-corrected chi connectivity index (χ2v) is 5.69. The highest BCUT2D eigenvalue weighted by Crippen LogP contribution is 2.27. The number of rotatable bonds is 3. The number of nitrogens with zero attached hydrogens (tertiary/aromatic N) is 3. The largest absolute Gasteiger partial charge is 0.376 e. The number of nitrogens with one attached hydrogen (secondary N) is 1. The summed E-state index contributed by atoms with van der Waals surface area (Å²) in [5.74, 6) is 1.23. The first-order valence-corrected chi connectivity index (χ1v) is 7.17. The second-order valence-electron chi connectivity index (χ2n) is 5.69. The molecule has 2 aliphatic rings. The molecule has 2 saturated heterocycles. The van der Waals surface area contributed by atoms with E-state index in [0.717, 1.165) is 26.2 Å². The first-order valence-electron chi connectivity index (χ1n) is 7.17. The van der Waals surface area contributed by atoms with Gasteiger partial charge in [-0.15, -0.1) is 0 Å². The predicted octanol–water partition coefficient (Wildman–Crippen LogP) is 0.298. The Morgan fingerprint density at radius 2 is 2.05 bits per heavy atom. The molecule has 7 heteroatoms. The van der Waals surface area contributed by atoms with E-state index in [-0.39, 0.29) is 11.6 Å². The fraction of sp³-hybridized carbons (Fsp3) is 0.846. The minimum Gasteiger partial charge on any atom is -0.376 e. The lowest BCUT2D eigenvalue weighted by atomic mass is 10.0. The molecule has 20 heavy (non-hydrogen) atoms. The standard InChI is InChI=1S/C13H22N4O3/c1-13(2,17-5-3-14-4-6-17)12-15-11(20-16-12)10-9-18-7-8-19-10/h10,14H,3-9H2,1-2H3. The summed E-state index contributed by atoms with van der Waals surface area (Å²) in [5, 5.41) is 7.51. The topological polar surface area (TPSA) is 72.7 Å². The maximum absolute atomic E-state index is 5.59. The van der Waals surface area contributed by atoms with Crippen molar-refractivity contribution in [3.8, 4) is 0 Å². The molecule has 1 aromatic heterocycles. The molecule has 0 saturated carbocycles. The Kier molecular flexibility index (Phi) is 4.02. The van der Waals surface area contributed by atoms with Gasteiger partial charge in [-0.2, -0.15) is 4.98 Å². The van der Waals surface area contributed by atoms with Crippen LogP contribution >= 0.6 is 0 Å². The van der Waals surface area contributed by atoms with Crippen molar-refractivity contribution < 1.29 is 14.0 Å². The molecule has 112 valence electrons. The van der Waals surface area contributed by atoms with Gasteiger partial charge in [0.25, 0.3) is 5.89 Å². The molecule has 3 rings (SSSR count). The van der Waals surface area contributed by atoms with Gasteiger partial charge in [0.05, 0.1) is 25.4 Å². The molecule has 2 fully saturated rings. The molecule has 2 aliphatic heterocycles. The van der Waals surface area contributed by atoms with Crippen LogP contribution in [0.2, 0.25) is 0 Å². The lowest BCUT2D eigenvalue weighted by molar-refractivity contribution is -0.101. The van der Waals surface area contributed by atoms with Crippen molar-refractivity contribution in [3.63, 3.8) is 0 Å². The smallest absolute Gasteiger partial charge is 0.258 e.